The van der Waals surface area contributed by atoms with Crippen LogP contribution in [0.2, 0.25) is 0 Å². The molecule has 0 heterocycles. The van der Waals surface area contributed by atoms with Gasteiger partial charge in [0.05, 0.1) is 18.9 Å². The number of benzene rings is 3. The van der Waals surface area contributed by atoms with Gasteiger partial charge in [-0.25, -0.2) is 0 Å². The molecule has 0 aromatic heterocycles. The number of ether oxygens (including phenoxy) is 3. The van der Waals surface area contributed by atoms with E-state index in [1.807, 2.05) is 48.5 Å². The summed E-state index contributed by atoms with van der Waals surface area (Å²) < 4.78 is 79.3. The monoisotopic (exact) mass is 545 g/mol. The van der Waals surface area contributed by atoms with Crippen LogP contribution in [-0.2, 0) is 21.4 Å². The van der Waals surface area contributed by atoms with Gasteiger partial charge in [0, 0.05) is 16.1 Å². The summed E-state index contributed by atoms with van der Waals surface area (Å²) in [7, 11) is -5.50. The zero-order valence-corrected chi connectivity index (χ0v) is 19.4. The Morgan fingerprint density at radius 2 is 1.61 bits per heavy atom. The Morgan fingerprint density at radius 3 is 2.33 bits per heavy atom. The van der Waals surface area contributed by atoms with E-state index in [2.05, 4.69) is 15.9 Å². The first-order valence-electron chi connectivity index (χ1n) is 9.55. The van der Waals surface area contributed by atoms with Crippen LogP contribution in [0.15, 0.2) is 77.3 Å². The molecule has 0 aliphatic carbocycles. The second kappa shape index (κ2) is 10.9. The van der Waals surface area contributed by atoms with Crippen LogP contribution in [0.1, 0.15) is 5.56 Å². The molecule has 6 nitrogen and oxygen atoms in total. The van der Waals surface area contributed by atoms with Gasteiger partial charge in [0.15, 0.2) is 0 Å². The molecule has 176 valence electrons. The first-order valence-corrected chi connectivity index (χ1v) is 11.8. The summed E-state index contributed by atoms with van der Waals surface area (Å²) >= 11 is 3.37. The van der Waals surface area contributed by atoms with Crippen molar-refractivity contribution in [3.8, 4) is 17.2 Å². The van der Waals surface area contributed by atoms with E-state index in [1.54, 1.807) is 0 Å². The SMILES string of the molecule is O=S(=O)(Nc1cccc(OCCOCc2ccccc2Oc2ccc(Br)cc2)c1)C(F)(F)F. The van der Waals surface area contributed by atoms with E-state index in [1.165, 1.54) is 22.9 Å². The van der Waals surface area contributed by atoms with Crippen molar-refractivity contribution in [1.82, 2.24) is 0 Å². The van der Waals surface area contributed by atoms with Crippen molar-refractivity contribution in [2.45, 2.75) is 12.1 Å². The summed E-state index contributed by atoms with van der Waals surface area (Å²) in [5, 5.41) is 0. The Hall–Kier alpha value is -2.76. The lowest BCUT2D eigenvalue weighted by atomic mass is 10.2. The van der Waals surface area contributed by atoms with Crippen molar-refractivity contribution in [2.24, 2.45) is 0 Å². The van der Waals surface area contributed by atoms with Gasteiger partial charge in [0.1, 0.15) is 23.9 Å². The molecular weight excluding hydrogens is 527 g/mol. The van der Waals surface area contributed by atoms with E-state index in [0.717, 1.165) is 16.1 Å². The van der Waals surface area contributed by atoms with E-state index < -0.39 is 15.5 Å². The van der Waals surface area contributed by atoms with Crippen LogP contribution in [0.5, 0.6) is 17.2 Å². The topological polar surface area (TPSA) is 73.9 Å². The summed E-state index contributed by atoms with van der Waals surface area (Å²) in [5.74, 6) is 1.51. The average Bonchev–Trinajstić information content (AvgIpc) is 2.75. The first-order chi connectivity index (χ1) is 15.6. The highest BCUT2D eigenvalue weighted by Gasteiger charge is 2.46. The molecule has 0 bridgehead atoms. The number of sulfonamides is 1. The fraction of sp³-hybridized carbons (Fsp3) is 0.182. The van der Waals surface area contributed by atoms with Crippen molar-refractivity contribution in [2.75, 3.05) is 17.9 Å². The van der Waals surface area contributed by atoms with Crippen molar-refractivity contribution >= 4 is 31.6 Å². The molecule has 3 aromatic carbocycles. The maximum atomic E-state index is 12.5. The molecule has 0 aliphatic heterocycles. The Morgan fingerprint density at radius 1 is 0.879 bits per heavy atom. The minimum Gasteiger partial charge on any atom is -0.491 e. The van der Waals surface area contributed by atoms with E-state index in [0.29, 0.717) is 11.5 Å². The minimum absolute atomic E-state index is 0.102. The van der Waals surface area contributed by atoms with Crippen molar-refractivity contribution < 1.29 is 35.8 Å². The van der Waals surface area contributed by atoms with E-state index in [-0.39, 0.29) is 31.3 Å². The van der Waals surface area contributed by atoms with Crippen molar-refractivity contribution in [3.05, 3.63) is 82.8 Å². The van der Waals surface area contributed by atoms with Gasteiger partial charge in [-0.2, -0.15) is 21.6 Å². The van der Waals surface area contributed by atoms with E-state index >= 15 is 0 Å². The molecule has 3 rings (SSSR count). The highest BCUT2D eigenvalue weighted by molar-refractivity contribution is 9.10. The fourth-order valence-corrected chi connectivity index (χ4v) is 3.43. The van der Waals surface area contributed by atoms with Crippen LogP contribution < -0.4 is 14.2 Å². The molecule has 0 radical (unpaired) electrons. The zero-order valence-electron chi connectivity index (χ0n) is 17.0. The molecule has 0 saturated heterocycles. The van der Waals surface area contributed by atoms with Crippen LogP contribution in [0.3, 0.4) is 0 Å². The molecular formula is C22H19BrF3NO5S. The number of para-hydroxylation sites is 1. The minimum atomic E-state index is -5.50. The highest BCUT2D eigenvalue weighted by Crippen LogP contribution is 2.28. The number of alkyl halides is 3. The molecule has 0 spiro atoms. The Bertz CT molecular complexity index is 1170. The van der Waals surface area contributed by atoms with Gasteiger partial charge in [0.2, 0.25) is 0 Å². The molecule has 0 unspecified atom stereocenters. The lowest BCUT2D eigenvalue weighted by Gasteiger charge is -2.13. The maximum absolute atomic E-state index is 12.5. The maximum Gasteiger partial charge on any atom is 0.516 e. The Kier molecular flexibility index (Phi) is 8.22. The zero-order chi connectivity index (χ0) is 23.9. The molecule has 0 fully saturated rings. The molecule has 0 atom stereocenters. The van der Waals surface area contributed by atoms with Crippen LogP contribution >= 0.6 is 15.9 Å². The molecule has 0 amide bonds. The van der Waals surface area contributed by atoms with Crippen LogP contribution in [-0.4, -0.2) is 27.1 Å². The Balaban J connectivity index is 1.49. The molecule has 33 heavy (non-hydrogen) atoms. The Labute approximate surface area is 197 Å². The third-order valence-corrected chi connectivity index (χ3v) is 5.80. The fourth-order valence-electron chi connectivity index (χ4n) is 2.62. The van der Waals surface area contributed by atoms with Gasteiger partial charge in [0.25, 0.3) is 0 Å². The van der Waals surface area contributed by atoms with Gasteiger partial charge in [-0.05, 0) is 42.5 Å². The van der Waals surface area contributed by atoms with Crippen molar-refractivity contribution in [1.29, 1.82) is 0 Å². The second-order valence-corrected chi connectivity index (χ2v) is 9.23. The summed E-state index contributed by atoms with van der Waals surface area (Å²) in [5.41, 5.74) is -4.84. The number of hydrogen-bond acceptors (Lipinski definition) is 5. The largest absolute Gasteiger partial charge is 0.516 e. The van der Waals surface area contributed by atoms with Crippen LogP contribution in [0.25, 0.3) is 0 Å². The molecule has 3 aromatic rings. The number of hydrogen-bond donors (Lipinski definition) is 1. The standard InChI is InChI=1S/C22H19BrF3NO5S/c23-17-8-10-19(11-9-17)32-21-7-2-1-4-16(21)15-30-12-13-31-20-6-3-5-18(14-20)27-33(28,29)22(24,25)26/h1-11,14,27H,12-13,15H2. The predicted octanol–water partition coefficient (Wildman–Crippen LogP) is 6.10. The van der Waals surface area contributed by atoms with Crippen molar-refractivity contribution in [3.63, 3.8) is 0 Å². The first kappa shape index (κ1) is 24.9. The predicted molar refractivity (Wildman–Crippen MR) is 121 cm³/mol. The summed E-state index contributed by atoms with van der Waals surface area (Å²) in [6.45, 7) is 0.540. The van der Waals surface area contributed by atoms with Gasteiger partial charge < -0.3 is 14.2 Å². The highest BCUT2D eigenvalue weighted by atomic mass is 79.9. The average molecular weight is 546 g/mol. The molecule has 1 N–H and O–H groups in total. The molecule has 0 aliphatic rings. The normalized spacial score (nSPS) is 11.8. The number of anilines is 1. The van der Waals surface area contributed by atoms with Gasteiger partial charge in [-0.15, -0.1) is 0 Å². The third-order valence-electron chi connectivity index (χ3n) is 4.16. The quantitative estimate of drug-likeness (QED) is 0.311. The smallest absolute Gasteiger partial charge is 0.491 e. The number of halogens is 4. The lowest BCUT2D eigenvalue weighted by Crippen LogP contribution is -2.29. The summed E-state index contributed by atoms with van der Waals surface area (Å²) in [6.07, 6.45) is 0. The van der Waals surface area contributed by atoms with Gasteiger partial charge >= 0.3 is 15.5 Å². The number of nitrogens with one attached hydrogen (secondary N) is 1. The third kappa shape index (κ3) is 7.37. The lowest BCUT2D eigenvalue weighted by molar-refractivity contribution is -0.0429. The van der Waals surface area contributed by atoms with Gasteiger partial charge in [-0.3, -0.25) is 4.72 Å². The van der Waals surface area contributed by atoms with Crippen LogP contribution in [0, 0.1) is 0 Å². The van der Waals surface area contributed by atoms with Crippen LogP contribution in [0.4, 0.5) is 18.9 Å². The van der Waals surface area contributed by atoms with Gasteiger partial charge in [-0.1, -0.05) is 40.2 Å². The summed E-state index contributed by atoms with van der Waals surface area (Å²) in [4.78, 5) is 0. The summed E-state index contributed by atoms with van der Waals surface area (Å²) in [6, 6.07) is 20.0. The van der Waals surface area contributed by atoms with E-state index in [4.69, 9.17) is 14.2 Å². The molecule has 11 heteroatoms. The number of rotatable bonds is 10. The van der Waals surface area contributed by atoms with E-state index in [9.17, 15) is 21.6 Å². The molecule has 0 saturated carbocycles. The second-order valence-electron chi connectivity index (χ2n) is 6.64.